The molecule has 0 aromatic heterocycles. The number of hydrogen-bond acceptors (Lipinski definition) is 2. The Labute approximate surface area is 112 Å². The van der Waals surface area contributed by atoms with Gasteiger partial charge in [-0.25, -0.2) is 4.79 Å². The largest absolute Gasteiger partial charge is 0.492 e. The Hall–Kier alpha value is -2.23. The Bertz CT molecular complexity index is 597. The standard InChI is InChI=1S/C15H16N2O2/c18-15-16-7-8-17(15)9-10-19-14-6-5-12-3-1-2-4-13(12)11-14/h1-6,11H,7-10H2,(H,16,18). The van der Waals surface area contributed by atoms with E-state index in [1.54, 1.807) is 4.90 Å². The zero-order valence-electron chi connectivity index (χ0n) is 10.6. The monoisotopic (exact) mass is 256 g/mol. The van der Waals surface area contributed by atoms with Gasteiger partial charge in [0.05, 0.1) is 6.54 Å². The lowest BCUT2D eigenvalue weighted by atomic mass is 10.1. The molecular formula is C15H16N2O2. The van der Waals surface area contributed by atoms with Crippen molar-refractivity contribution >= 4 is 16.8 Å². The summed E-state index contributed by atoms with van der Waals surface area (Å²) >= 11 is 0. The van der Waals surface area contributed by atoms with Crippen LogP contribution in [0.2, 0.25) is 0 Å². The first-order chi connectivity index (χ1) is 9.33. The van der Waals surface area contributed by atoms with Crippen molar-refractivity contribution < 1.29 is 9.53 Å². The van der Waals surface area contributed by atoms with E-state index >= 15 is 0 Å². The topological polar surface area (TPSA) is 41.6 Å². The van der Waals surface area contributed by atoms with Crippen molar-refractivity contribution in [2.75, 3.05) is 26.2 Å². The molecule has 0 spiro atoms. The highest BCUT2D eigenvalue weighted by Crippen LogP contribution is 2.20. The van der Waals surface area contributed by atoms with E-state index in [2.05, 4.69) is 17.4 Å². The number of benzene rings is 2. The summed E-state index contributed by atoms with van der Waals surface area (Å²) in [6.07, 6.45) is 0. The van der Waals surface area contributed by atoms with Crippen LogP contribution in [0.3, 0.4) is 0 Å². The molecule has 0 aliphatic carbocycles. The lowest BCUT2D eigenvalue weighted by molar-refractivity contribution is 0.202. The summed E-state index contributed by atoms with van der Waals surface area (Å²) in [5.41, 5.74) is 0. The Balaban J connectivity index is 1.60. The molecule has 1 N–H and O–H groups in total. The minimum Gasteiger partial charge on any atom is -0.492 e. The maximum absolute atomic E-state index is 11.4. The van der Waals surface area contributed by atoms with Gasteiger partial charge in [0.1, 0.15) is 12.4 Å². The first kappa shape index (κ1) is 11.8. The van der Waals surface area contributed by atoms with E-state index in [4.69, 9.17) is 4.74 Å². The molecule has 2 amide bonds. The average molecular weight is 256 g/mol. The predicted molar refractivity (Wildman–Crippen MR) is 74.4 cm³/mol. The van der Waals surface area contributed by atoms with Crippen molar-refractivity contribution in [3.63, 3.8) is 0 Å². The molecule has 4 heteroatoms. The Morgan fingerprint density at radius 1 is 1.16 bits per heavy atom. The molecule has 0 unspecified atom stereocenters. The van der Waals surface area contributed by atoms with Crippen molar-refractivity contribution in [2.24, 2.45) is 0 Å². The van der Waals surface area contributed by atoms with E-state index < -0.39 is 0 Å². The number of nitrogens with one attached hydrogen (secondary N) is 1. The molecule has 1 saturated heterocycles. The zero-order valence-corrected chi connectivity index (χ0v) is 10.6. The lowest BCUT2D eigenvalue weighted by Crippen LogP contribution is -2.31. The van der Waals surface area contributed by atoms with Gasteiger partial charge in [-0.1, -0.05) is 30.3 Å². The summed E-state index contributed by atoms with van der Waals surface area (Å²) in [6, 6.07) is 14.2. The number of carbonyl (C=O) groups is 1. The average Bonchev–Trinajstić information content (AvgIpc) is 2.84. The van der Waals surface area contributed by atoms with Crippen LogP contribution in [0.1, 0.15) is 0 Å². The number of ether oxygens (including phenoxy) is 1. The molecule has 1 heterocycles. The number of amides is 2. The van der Waals surface area contributed by atoms with Gasteiger partial charge in [0.2, 0.25) is 0 Å². The lowest BCUT2D eigenvalue weighted by Gasteiger charge is -2.14. The van der Waals surface area contributed by atoms with Gasteiger partial charge in [-0.15, -0.1) is 0 Å². The highest BCUT2D eigenvalue weighted by Gasteiger charge is 2.18. The highest BCUT2D eigenvalue weighted by molar-refractivity contribution is 5.83. The van der Waals surface area contributed by atoms with Gasteiger partial charge in [0, 0.05) is 13.1 Å². The van der Waals surface area contributed by atoms with Gasteiger partial charge < -0.3 is 15.0 Å². The van der Waals surface area contributed by atoms with Crippen molar-refractivity contribution in [1.29, 1.82) is 0 Å². The van der Waals surface area contributed by atoms with Gasteiger partial charge in [-0.05, 0) is 22.9 Å². The Kier molecular flexibility index (Phi) is 3.23. The molecule has 0 radical (unpaired) electrons. The number of nitrogens with zero attached hydrogens (tertiary/aromatic N) is 1. The van der Waals surface area contributed by atoms with Gasteiger partial charge in [-0.3, -0.25) is 0 Å². The van der Waals surface area contributed by atoms with Crippen molar-refractivity contribution in [3.05, 3.63) is 42.5 Å². The molecule has 3 rings (SSSR count). The van der Waals surface area contributed by atoms with Gasteiger partial charge in [0.25, 0.3) is 0 Å². The Morgan fingerprint density at radius 3 is 2.79 bits per heavy atom. The molecular weight excluding hydrogens is 240 g/mol. The van der Waals surface area contributed by atoms with Crippen molar-refractivity contribution in [2.45, 2.75) is 0 Å². The third kappa shape index (κ3) is 2.62. The van der Waals surface area contributed by atoms with Gasteiger partial charge in [-0.2, -0.15) is 0 Å². The third-order valence-electron chi connectivity index (χ3n) is 3.30. The van der Waals surface area contributed by atoms with E-state index in [0.29, 0.717) is 13.2 Å². The fraction of sp³-hybridized carbons (Fsp3) is 0.267. The summed E-state index contributed by atoms with van der Waals surface area (Å²) in [5, 5.41) is 5.14. The molecule has 1 aliphatic heterocycles. The van der Waals surface area contributed by atoms with Crippen LogP contribution in [0.15, 0.2) is 42.5 Å². The Morgan fingerprint density at radius 2 is 2.00 bits per heavy atom. The first-order valence-corrected chi connectivity index (χ1v) is 6.47. The van der Waals surface area contributed by atoms with Crippen LogP contribution in [-0.2, 0) is 0 Å². The van der Waals surface area contributed by atoms with Crippen LogP contribution in [0.25, 0.3) is 10.8 Å². The normalized spacial score (nSPS) is 14.7. The number of rotatable bonds is 4. The van der Waals surface area contributed by atoms with Crippen LogP contribution in [0, 0.1) is 0 Å². The zero-order chi connectivity index (χ0) is 13.1. The van der Waals surface area contributed by atoms with E-state index in [-0.39, 0.29) is 6.03 Å². The summed E-state index contributed by atoms with van der Waals surface area (Å²) in [7, 11) is 0. The molecule has 1 aliphatic rings. The highest BCUT2D eigenvalue weighted by atomic mass is 16.5. The maximum atomic E-state index is 11.4. The van der Waals surface area contributed by atoms with Gasteiger partial charge >= 0.3 is 6.03 Å². The van der Waals surface area contributed by atoms with Crippen LogP contribution in [0.5, 0.6) is 5.75 Å². The van der Waals surface area contributed by atoms with Crippen LogP contribution in [-0.4, -0.2) is 37.2 Å². The summed E-state index contributed by atoms with van der Waals surface area (Å²) in [5.74, 6) is 0.846. The van der Waals surface area contributed by atoms with E-state index in [1.807, 2.05) is 30.3 Å². The molecule has 0 saturated carbocycles. The first-order valence-electron chi connectivity index (χ1n) is 6.47. The second-order valence-corrected chi connectivity index (χ2v) is 4.58. The van der Waals surface area contributed by atoms with Crippen LogP contribution >= 0.6 is 0 Å². The summed E-state index contributed by atoms with van der Waals surface area (Å²) in [4.78, 5) is 13.1. The minimum atomic E-state index is 0.00196. The van der Waals surface area contributed by atoms with Gasteiger partial charge in [0.15, 0.2) is 0 Å². The number of fused-ring (bicyclic) bond motifs is 1. The number of hydrogen-bond donors (Lipinski definition) is 1. The minimum absolute atomic E-state index is 0.00196. The predicted octanol–water partition coefficient (Wildman–Crippen LogP) is 2.24. The van der Waals surface area contributed by atoms with Crippen LogP contribution in [0.4, 0.5) is 4.79 Å². The fourth-order valence-corrected chi connectivity index (χ4v) is 2.26. The second-order valence-electron chi connectivity index (χ2n) is 4.58. The molecule has 4 nitrogen and oxygen atoms in total. The smallest absolute Gasteiger partial charge is 0.317 e. The van der Waals surface area contributed by atoms with E-state index in [1.165, 1.54) is 10.8 Å². The SMILES string of the molecule is O=C1NCCN1CCOc1ccc2ccccc2c1. The van der Waals surface area contributed by atoms with E-state index in [9.17, 15) is 4.79 Å². The second kappa shape index (κ2) is 5.18. The summed E-state index contributed by atoms with van der Waals surface area (Å²) < 4.78 is 5.70. The molecule has 1 fully saturated rings. The molecule has 0 atom stereocenters. The van der Waals surface area contributed by atoms with Crippen molar-refractivity contribution in [1.82, 2.24) is 10.2 Å². The van der Waals surface area contributed by atoms with Crippen LogP contribution < -0.4 is 10.1 Å². The molecule has 2 aromatic rings. The molecule has 19 heavy (non-hydrogen) atoms. The molecule has 2 aromatic carbocycles. The van der Waals surface area contributed by atoms with E-state index in [0.717, 1.165) is 18.8 Å². The van der Waals surface area contributed by atoms with Crippen molar-refractivity contribution in [3.8, 4) is 5.75 Å². The quantitative estimate of drug-likeness (QED) is 0.911. The number of carbonyl (C=O) groups excluding carboxylic acids is 1. The number of urea groups is 1. The molecule has 98 valence electrons. The third-order valence-corrected chi connectivity index (χ3v) is 3.30. The fourth-order valence-electron chi connectivity index (χ4n) is 2.26. The maximum Gasteiger partial charge on any atom is 0.317 e. The summed E-state index contributed by atoms with van der Waals surface area (Å²) in [6.45, 7) is 2.64. The molecule has 0 bridgehead atoms.